The van der Waals surface area contributed by atoms with E-state index in [2.05, 4.69) is 43.2 Å². The number of benzene rings is 1. The van der Waals surface area contributed by atoms with Crippen LogP contribution in [-0.4, -0.2) is 23.7 Å². The monoisotopic (exact) mass is 286 g/mol. The molecular weight excluding hydrogens is 260 g/mol. The molecule has 0 radical (unpaired) electrons. The molecule has 3 heteroatoms. The average Bonchev–Trinajstić information content (AvgIpc) is 2.45. The summed E-state index contributed by atoms with van der Waals surface area (Å²) in [5.41, 5.74) is 1.97. The highest BCUT2D eigenvalue weighted by Gasteiger charge is 2.12. The topological polar surface area (TPSA) is 34.1 Å². The standard InChI is InChI=1S/C18H26N2O/c1-5-11-19-14(3)12-15(4)21-17-8-6-7-16-10-9-13(2)20-18(16)17/h6-10,14-15,19H,5,11-12H2,1-4H3. The summed E-state index contributed by atoms with van der Waals surface area (Å²) in [4.78, 5) is 4.62. The van der Waals surface area contributed by atoms with Crippen molar-refractivity contribution in [2.24, 2.45) is 0 Å². The molecule has 3 nitrogen and oxygen atoms in total. The minimum absolute atomic E-state index is 0.164. The van der Waals surface area contributed by atoms with Gasteiger partial charge >= 0.3 is 0 Å². The number of rotatable bonds is 7. The molecule has 0 aliphatic carbocycles. The molecule has 1 N–H and O–H groups in total. The molecule has 114 valence electrons. The average molecular weight is 286 g/mol. The summed E-state index contributed by atoms with van der Waals surface area (Å²) >= 11 is 0. The Morgan fingerprint density at radius 2 is 2.00 bits per heavy atom. The second-order valence-corrected chi connectivity index (χ2v) is 5.80. The Morgan fingerprint density at radius 3 is 2.76 bits per heavy atom. The number of pyridine rings is 1. The van der Waals surface area contributed by atoms with Gasteiger partial charge in [-0.15, -0.1) is 0 Å². The lowest BCUT2D eigenvalue weighted by Crippen LogP contribution is -2.31. The third-order valence-corrected chi connectivity index (χ3v) is 3.58. The number of nitrogens with zero attached hydrogens (tertiary/aromatic N) is 1. The van der Waals surface area contributed by atoms with Crippen molar-refractivity contribution in [3.63, 3.8) is 0 Å². The number of aromatic nitrogens is 1. The van der Waals surface area contributed by atoms with E-state index in [1.165, 1.54) is 0 Å². The van der Waals surface area contributed by atoms with E-state index >= 15 is 0 Å². The molecule has 1 heterocycles. The van der Waals surface area contributed by atoms with E-state index in [0.717, 1.165) is 41.7 Å². The molecule has 0 aliphatic heterocycles. The van der Waals surface area contributed by atoms with Crippen LogP contribution < -0.4 is 10.1 Å². The SMILES string of the molecule is CCCNC(C)CC(C)Oc1cccc2ccc(C)nc12. The molecule has 1 aromatic carbocycles. The molecule has 0 aliphatic rings. The number of hydrogen-bond acceptors (Lipinski definition) is 3. The second kappa shape index (κ2) is 7.41. The number of para-hydroxylation sites is 1. The van der Waals surface area contributed by atoms with Crippen LogP contribution in [0.15, 0.2) is 30.3 Å². The summed E-state index contributed by atoms with van der Waals surface area (Å²) < 4.78 is 6.13. The summed E-state index contributed by atoms with van der Waals surface area (Å²) in [7, 11) is 0. The van der Waals surface area contributed by atoms with Crippen LogP contribution >= 0.6 is 0 Å². The molecule has 1 aromatic heterocycles. The van der Waals surface area contributed by atoms with Crippen LogP contribution in [0.3, 0.4) is 0 Å². The maximum absolute atomic E-state index is 6.13. The fourth-order valence-corrected chi connectivity index (χ4v) is 2.55. The minimum Gasteiger partial charge on any atom is -0.488 e. The van der Waals surface area contributed by atoms with E-state index < -0.39 is 0 Å². The first-order valence-electron chi connectivity index (χ1n) is 7.86. The summed E-state index contributed by atoms with van der Waals surface area (Å²) in [5.74, 6) is 0.881. The molecular formula is C18H26N2O. The first kappa shape index (κ1) is 15.8. The summed E-state index contributed by atoms with van der Waals surface area (Å²) in [6, 6.07) is 10.7. The van der Waals surface area contributed by atoms with Crippen molar-refractivity contribution in [2.75, 3.05) is 6.54 Å². The Balaban J connectivity index is 2.07. The summed E-state index contributed by atoms with van der Waals surface area (Å²) in [6.45, 7) is 9.59. The van der Waals surface area contributed by atoms with E-state index in [1.807, 2.05) is 25.1 Å². The number of ether oxygens (including phenoxy) is 1. The predicted octanol–water partition coefficient (Wildman–Crippen LogP) is 4.09. The molecule has 0 fully saturated rings. The van der Waals surface area contributed by atoms with E-state index in [4.69, 9.17) is 4.74 Å². The van der Waals surface area contributed by atoms with Gasteiger partial charge in [-0.25, -0.2) is 4.98 Å². The van der Waals surface area contributed by atoms with Crippen molar-refractivity contribution in [2.45, 2.75) is 52.7 Å². The lowest BCUT2D eigenvalue weighted by Gasteiger charge is -2.20. The molecule has 0 saturated carbocycles. The lowest BCUT2D eigenvalue weighted by molar-refractivity contribution is 0.198. The van der Waals surface area contributed by atoms with Crippen molar-refractivity contribution in [1.82, 2.24) is 10.3 Å². The van der Waals surface area contributed by atoms with Gasteiger partial charge in [0.1, 0.15) is 11.3 Å². The van der Waals surface area contributed by atoms with Crippen molar-refractivity contribution in [1.29, 1.82) is 0 Å². The second-order valence-electron chi connectivity index (χ2n) is 5.80. The highest BCUT2D eigenvalue weighted by Crippen LogP contribution is 2.25. The van der Waals surface area contributed by atoms with Crippen LogP contribution in [0.4, 0.5) is 0 Å². The maximum atomic E-state index is 6.13. The van der Waals surface area contributed by atoms with Crippen molar-refractivity contribution < 1.29 is 4.74 Å². The van der Waals surface area contributed by atoms with Crippen molar-refractivity contribution in [3.05, 3.63) is 36.0 Å². The first-order valence-corrected chi connectivity index (χ1v) is 7.86. The fourth-order valence-electron chi connectivity index (χ4n) is 2.55. The van der Waals surface area contributed by atoms with Crippen LogP contribution in [-0.2, 0) is 0 Å². The van der Waals surface area contributed by atoms with E-state index in [1.54, 1.807) is 0 Å². The largest absolute Gasteiger partial charge is 0.488 e. The van der Waals surface area contributed by atoms with Gasteiger partial charge in [0.15, 0.2) is 0 Å². The van der Waals surface area contributed by atoms with Gasteiger partial charge in [0.2, 0.25) is 0 Å². The summed E-state index contributed by atoms with van der Waals surface area (Å²) in [5, 5.41) is 4.63. The molecule has 2 aromatic rings. The van der Waals surface area contributed by atoms with Crippen LogP contribution in [0.5, 0.6) is 5.75 Å². The zero-order valence-electron chi connectivity index (χ0n) is 13.5. The van der Waals surface area contributed by atoms with Crippen LogP contribution in [0, 0.1) is 6.92 Å². The molecule has 0 amide bonds. The number of fused-ring (bicyclic) bond motifs is 1. The van der Waals surface area contributed by atoms with Gasteiger partial charge in [0.05, 0.1) is 6.10 Å². The highest BCUT2D eigenvalue weighted by atomic mass is 16.5. The zero-order valence-corrected chi connectivity index (χ0v) is 13.5. The Labute approximate surface area is 127 Å². The van der Waals surface area contributed by atoms with Crippen LogP contribution in [0.1, 0.15) is 39.3 Å². The Morgan fingerprint density at radius 1 is 1.19 bits per heavy atom. The summed E-state index contributed by atoms with van der Waals surface area (Å²) in [6.07, 6.45) is 2.31. The van der Waals surface area contributed by atoms with E-state index in [9.17, 15) is 0 Å². The van der Waals surface area contributed by atoms with Gasteiger partial charge < -0.3 is 10.1 Å². The first-order chi connectivity index (χ1) is 10.1. The normalized spacial score (nSPS) is 14.1. The molecule has 2 atom stereocenters. The lowest BCUT2D eigenvalue weighted by atomic mass is 10.1. The van der Waals surface area contributed by atoms with Gasteiger partial charge in [0, 0.05) is 17.1 Å². The minimum atomic E-state index is 0.164. The third-order valence-electron chi connectivity index (χ3n) is 3.58. The smallest absolute Gasteiger partial charge is 0.145 e. The predicted molar refractivity (Wildman–Crippen MR) is 88.9 cm³/mol. The van der Waals surface area contributed by atoms with Gasteiger partial charge in [0.25, 0.3) is 0 Å². The van der Waals surface area contributed by atoms with Crippen LogP contribution in [0.2, 0.25) is 0 Å². The van der Waals surface area contributed by atoms with Crippen molar-refractivity contribution >= 4 is 10.9 Å². The molecule has 2 unspecified atom stereocenters. The highest BCUT2D eigenvalue weighted by molar-refractivity contribution is 5.84. The van der Waals surface area contributed by atoms with Gasteiger partial charge in [-0.05, 0) is 52.3 Å². The molecule has 21 heavy (non-hydrogen) atoms. The number of hydrogen-bond donors (Lipinski definition) is 1. The van der Waals surface area contributed by atoms with Crippen LogP contribution in [0.25, 0.3) is 10.9 Å². The van der Waals surface area contributed by atoms with Gasteiger partial charge in [-0.3, -0.25) is 0 Å². The Bertz CT molecular complexity index is 582. The Kier molecular flexibility index (Phi) is 5.57. The number of aryl methyl sites for hydroxylation is 1. The fraction of sp³-hybridized carbons (Fsp3) is 0.500. The van der Waals surface area contributed by atoms with Gasteiger partial charge in [-0.1, -0.05) is 25.1 Å². The van der Waals surface area contributed by atoms with Gasteiger partial charge in [-0.2, -0.15) is 0 Å². The Hall–Kier alpha value is -1.61. The van der Waals surface area contributed by atoms with Crippen molar-refractivity contribution in [3.8, 4) is 5.75 Å². The van der Waals surface area contributed by atoms with E-state index in [-0.39, 0.29) is 6.10 Å². The molecule has 0 spiro atoms. The molecule has 0 saturated heterocycles. The number of nitrogens with one attached hydrogen (secondary N) is 1. The van der Waals surface area contributed by atoms with E-state index in [0.29, 0.717) is 6.04 Å². The molecule has 2 rings (SSSR count). The third kappa shape index (κ3) is 4.43. The quantitative estimate of drug-likeness (QED) is 0.832. The maximum Gasteiger partial charge on any atom is 0.145 e. The zero-order chi connectivity index (χ0) is 15.2. The molecule has 0 bridgehead atoms.